The summed E-state index contributed by atoms with van der Waals surface area (Å²) in [6, 6.07) is 5.75. The van der Waals surface area contributed by atoms with Crippen molar-refractivity contribution >= 4 is 11.6 Å². The third-order valence-corrected chi connectivity index (χ3v) is 4.25. The molecular weight excluding hydrogens is 342 g/mol. The van der Waals surface area contributed by atoms with Crippen LogP contribution in [0.1, 0.15) is 37.7 Å². The van der Waals surface area contributed by atoms with Gasteiger partial charge >= 0.3 is 0 Å². The van der Waals surface area contributed by atoms with Gasteiger partial charge in [-0.3, -0.25) is 0 Å². The summed E-state index contributed by atoms with van der Waals surface area (Å²) >= 11 is 0. The smallest absolute Gasteiger partial charge is 0.227 e. The molecule has 0 amide bonds. The van der Waals surface area contributed by atoms with Crippen molar-refractivity contribution in [3.05, 3.63) is 53.9 Å². The number of benzene rings is 1. The average Bonchev–Trinajstić information content (AvgIpc) is 3.07. The zero-order chi connectivity index (χ0) is 19.6. The summed E-state index contributed by atoms with van der Waals surface area (Å²) < 4.78 is 7.45. The van der Waals surface area contributed by atoms with E-state index in [4.69, 9.17) is 4.74 Å². The second kappa shape index (κ2) is 7.36. The number of anilines is 2. The zero-order valence-corrected chi connectivity index (χ0v) is 16.3. The van der Waals surface area contributed by atoms with Gasteiger partial charge in [0.15, 0.2) is 0 Å². The fourth-order valence-electron chi connectivity index (χ4n) is 2.91. The van der Waals surface area contributed by atoms with E-state index in [9.17, 15) is 5.11 Å². The number of nitrogens with one attached hydrogen (secondary N) is 1. The fourth-order valence-corrected chi connectivity index (χ4v) is 2.91. The summed E-state index contributed by atoms with van der Waals surface area (Å²) in [6.07, 6.45) is 6.20. The van der Waals surface area contributed by atoms with Crippen LogP contribution in [0.5, 0.6) is 5.75 Å². The number of aryl methyl sites for hydroxylation is 2. The van der Waals surface area contributed by atoms with Crippen molar-refractivity contribution in [2.45, 2.75) is 39.7 Å². The first-order chi connectivity index (χ1) is 12.8. The number of ether oxygens (including phenoxy) is 1. The van der Waals surface area contributed by atoms with Gasteiger partial charge in [-0.25, -0.2) is 15.0 Å². The lowest BCUT2D eigenvalue weighted by Crippen LogP contribution is -2.21. The van der Waals surface area contributed by atoms with Crippen LogP contribution in [0, 0.1) is 6.92 Å². The van der Waals surface area contributed by atoms with Crippen molar-refractivity contribution < 1.29 is 9.84 Å². The number of nitrogens with zero attached hydrogens (tertiary/aromatic N) is 4. The average molecular weight is 367 g/mol. The molecule has 2 N–H and O–H groups in total. The minimum absolute atomic E-state index is 0.428. The van der Waals surface area contributed by atoms with E-state index in [1.54, 1.807) is 33.5 Å². The van der Waals surface area contributed by atoms with E-state index in [1.165, 1.54) is 0 Å². The van der Waals surface area contributed by atoms with Crippen LogP contribution < -0.4 is 10.1 Å². The molecule has 0 aliphatic rings. The predicted molar refractivity (Wildman–Crippen MR) is 105 cm³/mol. The molecule has 0 saturated carbocycles. The largest absolute Gasteiger partial charge is 0.494 e. The zero-order valence-electron chi connectivity index (χ0n) is 16.3. The molecule has 2 heterocycles. The highest BCUT2D eigenvalue weighted by Crippen LogP contribution is 2.29. The Hall–Kier alpha value is -2.93. The number of hydrogen-bond acceptors (Lipinski definition) is 6. The van der Waals surface area contributed by atoms with E-state index < -0.39 is 5.60 Å². The lowest BCUT2D eigenvalue weighted by atomic mass is 9.99. The van der Waals surface area contributed by atoms with Crippen LogP contribution in [0.25, 0.3) is 5.69 Å². The minimum atomic E-state index is -1.04. The lowest BCUT2D eigenvalue weighted by Gasteiger charge is -2.20. The van der Waals surface area contributed by atoms with Crippen LogP contribution in [-0.2, 0) is 12.0 Å². The molecule has 0 radical (unpaired) electrons. The molecule has 142 valence electrons. The van der Waals surface area contributed by atoms with Gasteiger partial charge in [0.1, 0.15) is 11.4 Å². The number of aliphatic hydroxyl groups is 1. The first-order valence-electron chi connectivity index (χ1n) is 8.86. The lowest BCUT2D eigenvalue weighted by molar-refractivity contribution is 0.0728. The molecule has 3 aromatic rings. The number of hydrogen-bond donors (Lipinski definition) is 2. The topological polar surface area (TPSA) is 85.1 Å². The van der Waals surface area contributed by atoms with Gasteiger partial charge in [-0.1, -0.05) is 6.92 Å². The Labute approximate surface area is 159 Å². The number of aromatic nitrogens is 4. The highest BCUT2D eigenvalue weighted by molar-refractivity contribution is 5.62. The number of rotatable bonds is 6. The second-order valence-electron chi connectivity index (χ2n) is 6.91. The van der Waals surface area contributed by atoms with Crippen molar-refractivity contribution in [2.75, 3.05) is 12.4 Å². The van der Waals surface area contributed by atoms with Crippen molar-refractivity contribution in [3.8, 4) is 11.4 Å². The molecule has 27 heavy (non-hydrogen) atoms. The molecular formula is C20H25N5O2. The van der Waals surface area contributed by atoms with Crippen molar-refractivity contribution in [1.29, 1.82) is 0 Å². The van der Waals surface area contributed by atoms with Gasteiger partial charge in [0.2, 0.25) is 5.95 Å². The Balaban J connectivity index is 1.92. The van der Waals surface area contributed by atoms with Crippen LogP contribution in [0.2, 0.25) is 0 Å². The molecule has 7 heteroatoms. The standard InChI is InChI=1S/C20H25N5O2/c1-6-14-10-21-19(24-18(14)20(3,4)26)23-15-7-8-16(17(9-15)27-5)25-11-13(2)22-12-25/h7-12,26H,6H2,1-5H3,(H,21,23,24). The Morgan fingerprint density at radius 2 is 2.04 bits per heavy atom. The molecule has 0 atom stereocenters. The summed E-state index contributed by atoms with van der Waals surface area (Å²) in [6.45, 7) is 7.41. The molecule has 0 saturated heterocycles. The molecule has 0 unspecified atom stereocenters. The molecule has 3 rings (SSSR count). The maximum atomic E-state index is 10.4. The van der Waals surface area contributed by atoms with Crippen LogP contribution in [-0.4, -0.2) is 31.7 Å². The maximum absolute atomic E-state index is 10.4. The summed E-state index contributed by atoms with van der Waals surface area (Å²) in [7, 11) is 1.63. The summed E-state index contributed by atoms with van der Waals surface area (Å²) in [4.78, 5) is 13.1. The highest BCUT2D eigenvalue weighted by Gasteiger charge is 2.22. The first-order valence-corrected chi connectivity index (χ1v) is 8.86. The fraction of sp³-hybridized carbons (Fsp3) is 0.350. The van der Waals surface area contributed by atoms with Crippen molar-refractivity contribution in [1.82, 2.24) is 19.5 Å². The van der Waals surface area contributed by atoms with Gasteiger partial charge in [-0.15, -0.1) is 0 Å². The van der Waals surface area contributed by atoms with E-state index in [0.717, 1.165) is 29.1 Å². The molecule has 0 aliphatic carbocycles. The van der Waals surface area contributed by atoms with Gasteiger partial charge in [0, 0.05) is 24.1 Å². The van der Waals surface area contributed by atoms with Crippen LogP contribution >= 0.6 is 0 Å². The third-order valence-electron chi connectivity index (χ3n) is 4.25. The molecule has 1 aromatic carbocycles. The Bertz CT molecular complexity index is 944. The van der Waals surface area contributed by atoms with Crippen LogP contribution in [0.3, 0.4) is 0 Å². The number of methoxy groups -OCH3 is 1. The van der Waals surface area contributed by atoms with E-state index in [2.05, 4.69) is 20.3 Å². The minimum Gasteiger partial charge on any atom is -0.494 e. The molecule has 0 spiro atoms. The Kier molecular flexibility index (Phi) is 5.14. The summed E-state index contributed by atoms with van der Waals surface area (Å²) in [5.74, 6) is 1.13. The number of imidazole rings is 1. The molecule has 7 nitrogen and oxygen atoms in total. The van der Waals surface area contributed by atoms with Gasteiger partial charge in [-0.2, -0.15) is 0 Å². The van der Waals surface area contributed by atoms with E-state index in [0.29, 0.717) is 17.4 Å². The Morgan fingerprint density at radius 3 is 2.63 bits per heavy atom. The van der Waals surface area contributed by atoms with Gasteiger partial charge in [0.25, 0.3) is 0 Å². The molecule has 2 aromatic heterocycles. The third kappa shape index (κ3) is 4.09. The van der Waals surface area contributed by atoms with E-state index in [-0.39, 0.29) is 0 Å². The van der Waals surface area contributed by atoms with Gasteiger partial charge in [-0.05, 0) is 44.9 Å². The monoisotopic (exact) mass is 367 g/mol. The highest BCUT2D eigenvalue weighted by atomic mass is 16.5. The second-order valence-corrected chi connectivity index (χ2v) is 6.91. The molecule has 0 fully saturated rings. The van der Waals surface area contributed by atoms with Gasteiger partial charge in [0.05, 0.1) is 30.5 Å². The van der Waals surface area contributed by atoms with Crippen molar-refractivity contribution in [3.63, 3.8) is 0 Å². The van der Waals surface area contributed by atoms with Crippen molar-refractivity contribution in [2.24, 2.45) is 0 Å². The normalized spacial score (nSPS) is 11.5. The van der Waals surface area contributed by atoms with Crippen LogP contribution in [0.4, 0.5) is 11.6 Å². The van der Waals surface area contributed by atoms with E-state index in [1.807, 2.05) is 42.8 Å². The van der Waals surface area contributed by atoms with E-state index >= 15 is 0 Å². The summed E-state index contributed by atoms with van der Waals surface area (Å²) in [5.41, 5.74) is 3.13. The quantitative estimate of drug-likeness (QED) is 0.693. The predicted octanol–water partition coefficient (Wildman–Crippen LogP) is 3.51. The summed E-state index contributed by atoms with van der Waals surface area (Å²) in [5, 5.41) is 13.6. The molecule has 0 bridgehead atoms. The van der Waals surface area contributed by atoms with Crippen LogP contribution in [0.15, 0.2) is 36.9 Å². The SMILES string of the molecule is CCc1cnc(Nc2ccc(-n3cnc(C)c3)c(OC)c2)nc1C(C)(C)O. The van der Waals surface area contributed by atoms with Gasteiger partial charge < -0.3 is 19.7 Å². The Morgan fingerprint density at radius 1 is 1.26 bits per heavy atom. The molecule has 0 aliphatic heterocycles. The first kappa shape index (κ1) is 18.8. The maximum Gasteiger partial charge on any atom is 0.227 e.